The number of aliphatic carboxylic acids is 1. The van der Waals surface area contributed by atoms with Crippen molar-refractivity contribution in [1.29, 1.82) is 0 Å². The Bertz CT molecular complexity index is 655. The van der Waals surface area contributed by atoms with Crippen LogP contribution in [0.15, 0.2) is 18.2 Å². The van der Waals surface area contributed by atoms with Crippen LogP contribution in [0.1, 0.15) is 24.8 Å². The maximum absolute atomic E-state index is 13.0. The van der Waals surface area contributed by atoms with Gasteiger partial charge in [0, 0.05) is 25.8 Å². The van der Waals surface area contributed by atoms with Crippen molar-refractivity contribution in [1.82, 2.24) is 4.90 Å². The summed E-state index contributed by atoms with van der Waals surface area (Å²) in [5, 5.41) is 8.99. The molecule has 1 N–H and O–H groups in total. The normalized spacial score (nSPS) is 21.6. The molecule has 26 heavy (non-hydrogen) atoms. The minimum absolute atomic E-state index is 0.00574. The fourth-order valence-electron chi connectivity index (χ4n) is 3.45. The number of carboxylic acids is 1. The largest absolute Gasteiger partial charge is 0.497 e. The van der Waals surface area contributed by atoms with Gasteiger partial charge in [0.2, 0.25) is 5.91 Å². The number of carboxylic acid groups (broad SMARTS) is 1. The van der Waals surface area contributed by atoms with Crippen LogP contribution in [-0.2, 0) is 20.7 Å². The monoisotopic (exact) mass is 363 g/mol. The summed E-state index contributed by atoms with van der Waals surface area (Å²) in [7, 11) is 1.60. The van der Waals surface area contributed by atoms with E-state index in [1.807, 2.05) is 18.2 Å². The van der Waals surface area contributed by atoms with Crippen LogP contribution in [0.25, 0.3) is 0 Å². The molecule has 1 amide bonds. The van der Waals surface area contributed by atoms with Gasteiger partial charge in [0.25, 0.3) is 0 Å². The second-order valence-corrected chi connectivity index (χ2v) is 6.75. The fraction of sp³-hybridized carbons (Fsp3) is 0.579. The molecule has 2 heterocycles. The topological polar surface area (TPSA) is 85.3 Å². The van der Waals surface area contributed by atoms with E-state index in [9.17, 15) is 9.59 Å². The van der Waals surface area contributed by atoms with Crippen LogP contribution in [-0.4, -0.2) is 61.4 Å². The molecule has 7 heteroatoms. The Morgan fingerprint density at radius 1 is 1.38 bits per heavy atom. The number of hydrogen-bond acceptors (Lipinski definition) is 5. The molecule has 3 rings (SSSR count). The van der Waals surface area contributed by atoms with Crippen molar-refractivity contribution in [2.75, 3.05) is 33.4 Å². The van der Waals surface area contributed by atoms with E-state index in [0.717, 1.165) is 29.9 Å². The number of hydrogen-bond donors (Lipinski definition) is 1. The van der Waals surface area contributed by atoms with E-state index in [1.54, 1.807) is 12.0 Å². The lowest BCUT2D eigenvalue weighted by Gasteiger charge is -2.31. The number of benzene rings is 1. The maximum Gasteiger partial charge on any atom is 0.305 e. The van der Waals surface area contributed by atoms with Gasteiger partial charge >= 0.3 is 5.97 Å². The first-order chi connectivity index (χ1) is 12.6. The molecule has 0 saturated carbocycles. The lowest BCUT2D eigenvalue weighted by molar-refractivity contribution is -0.141. The van der Waals surface area contributed by atoms with E-state index in [1.165, 1.54) is 0 Å². The predicted octanol–water partition coefficient (Wildman–Crippen LogP) is 1.73. The third kappa shape index (κ3) is 4.46. The zero-order valence-corrected chi connectivity index (χ0v) is 15.0. The first kappa shape index (κ1) is 18.5. The van der Waals surface area contributed by atoms with Crippen LogP contribution in [0.2, 0.25) is 0 Å². The summed E-state index contributed by atoms with van der Waals surface area (Å²) in [4.78, 5) is 25.6. The highest BCUT2D eigenvalue weighted by atomic mass is 16.5. The maximum atomic E-state index is 13.0. The molecule has 2 aliphatic rings. The molecule has 0 aromatic heterocycles. The SMILES string of the molecule is COc1ccc2c(c1)OC[C@@H](C(=O)N(CCC(=O)O)C[C@H]1CCCO1)C2. The molecule has 0 aliphatic carbocycles. The van der Waals surface area contributed by atoms with Crippen LogP contribution >= 0.6 is 0 Å². The summed E-state index contributed by atoms with van der Waals surface area (Å²) in [6.45, 7) is 1.62. The van der Waals surface area contributed by atoms with Crippen LogP contribution in [0.4, 0.5) is 0 Å². The second-order valence-electron chi connectivity index (χ2n) is 6.75. The standard InChI is InChI=1S/C19H25NO6/c1-24-15-5-4-13-9-14(12-26-17(13)10-15)19(23)20(7-6-18(21)22)11-16-3-2-8-25-16/h4-5,10,14,16H,2-3,6-9,11-12H2,1H3,(H,21,22)/t14-,16+/m0/s1. The van der Waals surface area contributed by atoms with E-state index in [-0.39, 0.29) is 37.5 Å². The Morgan fingerprint density at radius 2 is 2.23 bits per heavy atom. The molecular weight excluding hydrogens is 338 g/mol. The minimum atomic E-state index is -0.910. The molecule has 2 aliphatic heterocycles. The Balaban J connectivity index is 1.67. The van der Waals surface area contributed by atoms with Gasteiger partial charge in [0.05, 0.1) is 25.6 Å². The predicted molar refractivity (Wildman–Crippen MR) is 93.5 cm³/mol. The van der Waals surface area contributed by atoms with E-state index < -0.39 is 5.97 Å². The first-order valence-electron chi connectivity index (χ1n) is 8.98. The highest BCUT2D eigenvalue weighted by Crippen LogP contribution is 2.31. The lowest BCUT2D eigenvalue weighted by atomic mass is 9.95. The highest BCUT2D eigenvalue weighted by Gasteiger charge is 2.32. The van der Waals surface area contributed by atoms with Gasteiger partial charge in [0.15, 0.2) is 0 Å². The quantitative estimate of drug-likeness (QED) is 0.794. The summed E-state index contributed by atoms with van der Waals surface area (Å²) < 4.78 is 16.6. The van der Waals surface area contributed by atoms with Gasteiger partial charge in [-0.15, -0.1) is 0 Å². The van der Waals surface area contributed by atoms with Crippen molar-refractivity contribution in [2.24, 2.45) is 5.92 Å². The van der Waals surface area contributed by atoms with Gasteiger partial charge in [-0.3, -0.25) is 9.59 Å². The number of carbonyl (C=O) groups is 2. The van der Waals surface area contributed by atoms with E-state index >= 15 is 0 Å². The van der Waals surface area contributed by atoms with E-state index in [0.29, 0.717) is 19.6 Å². The Hall–Kier alpha value is -2.28. The number of carbonyl (C=O) groups excluding carboxylic acids is 1. The Labute approximate surface area is 152 Å². The second kappa shape index (κ2) is 8.40. The number of fused-ring (bicyclic) bond motifs is 1. The number of rotatable bonds is 7. The van der Waals surface area contributed by atoms with Crippen LogP contribution < -0.4 is 9.47 Å². The minimum Gasteiger partial charge on any atom is -0.497 e. The van der Waals surface area contributed by atoms with Crippen LogP contribution in [0, 0.1) is 5.92 Å². The molecule has 142 valence electrons. The van der Waals surface area contributed by atoms with Crippen LogP contribution in [0.5, 0.6) is 11.5 Å². The average Bonchev–Trinajstić information content (AvgIpc) is 3.16. The fourth-order valence-corrected chi connectivity index (χ4v) is 3.45. The molecule has 7 nitrogen and oxygen atoms in total. The number of methoxy groups -OCH3 is 1. The number of amides is 1. The van der Waals surface area contributed by atoms with Gasteiger partial charge in [-0.2, -0.15) is 0 Å². The van der Waals surface area contributed by atoms with Crippen molar-refractivity contribution in [3.05, 3.63) is 23.8 Å². The molecule has 1 saturated heterocycles. The Kier molecular flexibility index (Phi) is 5.98. The molecule has 1 aromatic rings. The van der Waals surface area contributed by atoms with Gasteiger partial charge in [-0.05, 0) is 30.9 Å². The summed E-state index contributed by atoms with van der Waals surface area (Å²) in [5.74, 6) is 0.168. The smallest absolute Gasteiger partial charge is 0.305 e. The van der Waals surface area contributed by atoms with E-state index in [2.05, 4.69) is 0 Å². The van der Waals surface area contributed by atoms with Gasteiger partial charge in [0.1, 0.15) is 18.1 Å². The van der Waals surface area contributed by atoms with Gasteiger partial charge < -0.3 is 24.2 Å². The summed E-state index contributed by atoms with van der Waals surface area (Å²) in [6, 6.07) is 5.59. The third-order valence-electron chi connectivity index (χ3n) is 4.89. The van der Waals surface area contributed by atoms with E-state index in [4.69, 9.17) is 19.3 Å². The summed E-state index contributed by atoms with van der Waals surface area (Å²) in [6.07, 6.45) is 2.38. The number of ether oxygens (including phenoxy) is 3. The van der Waals surface area contributed by atoms with Crippen molar-refractivity contribution >= 4 is 11.9 Å². The van der Waals surface area contributed by atoms with Crippen molar-refractivity contribution in [2.45, 2.75) is 31.8 Å². The molecular formula is C19H25NO6. The molecule has 0 bridgehead atoms. The lowest BCUT2D eigenvalue weighted by Crippen LogP contribution is -2.45. The van der Waals surface area contributed by atoms with Crippen molar-refractivity contribution < 1.29 is 28.9 Å². The molecule has 0 radical (unpaired) electrons. The highest BCUT2D eigenvalue weighted by molar-refractivity contribution is 5.80. The van der Waals surface area contributed by atoms with Gasteiger partial charge in [-0.1, -0.05) is 6.07 Å². The molecule has 2 atom stereocenters. The van der Waals surface area contributed by atoms with Crippen molar-refractivity contribution in [3.8, 4) is 11.5 Å². The van der Waals surface area contributed by atoms with Crippen molar-refractivity contribution in [3.63, 3.8) is 0 Å². The summed E-state index contributed by atoms with van der Waals surface area (Å²) in [5.41, 5.74) is 0.964. The molecule has 1 aromatic carbocycles. The summed E-state index contributed by atoms with van der Waals surface area (Å²) >= 11 is 0. The molecule has 0 unspecified atom stereocenters. The zero-order valence-electron chi connectivity index (χ0n) is 15.0. The molecule has 0 spiro atoms. The van der Waals surface area contributed by atoms with Gasteiger partial charge in [-0.25, -0.2) is 0 Å². The first-order valence-corrected chi connectivity index (χ1v) is 8.98. The number of nitrogens with zero attached hydrogens (tertiary/aromatic N) is 1. The van der Waals surface area contributed by atoms with Crippen LogP contribution in [0.3, 0.4) is 0 Å². The zero-order chi connectivity index (χ0) is 18.5. The third-order valence-corrected chi connectivity index (χ3v) is 4.89. The molecule has 1 fully saturated rings. The Morgan fingerprint density at radius 3 is 2.92 bits per heavy atom. The average molecular weight is 363 g/mol.